The molecule has 0 amide bonds. The SMILES string of the molecule is CC(=O)OCCCCCCCC[C@@H]1CC[C@H]2C3=C(CC[C@]12C)[C@@]1(C)CC[C@H](O)C[C@@H]1C(=O)O3. The topological polar surface area (TPSA) is 72.8 Å². The van der Waals surface area contributed by atoms with Crippen LogP contribution in [0.5, 0.6) is 0 Å². The number of hydrogen-bond acceptors (Lipinski definition) is 5. The first kappa shape index (κ1) is 24.8. The number of carbonyl (C=O) groups excluding carboxylic acids is 2. The highest BCUT2D eigenvalue weighted by Gasteiger charge is 2.58. The van der Waals surface area contributed by atoms with Gasteiger partial charge in [0.2, 0.25) is 0 Å². The van der Waals surface area contributed by atoms with E-state index in [1.165, 1.54) is 57.4 Å². The maximum atomic E-state index is 13.0. The van der Waals surface area contributed by atoms with Crippen LogP contribution < -0.4 is 0 Å². The molecule has 3 aliphatic carbocycles. The number of allylic oxidation sites excluding steroid dienone is 2. The quantitative estimate of drug-likeness (QED) is 0.333. The zero-order valence-corrected chi connectivity index (χ0v) is 21.0. The van der Waals surface area contributed by atoms with Crippen molar-refractivity contribution in [3.05, 3.63) is 11.3 Å². The first-order chi connectivity index (χ1) is 15.8. The molecule has 6 atom stereocenters. The summed E-state index contributed by atoms with van der Waals surface area (Å²) in [5.74, 6) is 1.71. The normalized spacial score (nSPS) is 37.8. The van der Waals surface area contributed by atoms with E-state index in [9.17, 15) is 14.7 Å². The number of aliphatic hydroxyl groups is 1. The predicted molar refractivity (Wildman–Crippen MR) is 127 cm³/mol. The van der Waals surface area contributed by atoms with Gasteiger partial charge in [-0.3, -0.25) is 9.59 Å². The molecule has 1 aliphatic heterocycles. The van der Waals surface area contributed by atoms with E-state index >= 15 is 0 Å². The highest BCUT2D eigenvalue weighted by atomic mass is 16.5. The summed E-state index contributed by atoms with van der Waals surface area (Å²) >= 11 is 0. The van der Waals surface area contributed by atoms with Crippen LogP contribution in [-0.2, 0) is 19.1 Å². The van der Waals surface area contributed by atoms with Crippen LogP contribution in [-0.4, -0.2) is 29.8 Å². The van der Waals surface area contributed by atoms with Crippen molar-refractivity contribution < 1.29 is 24.2 Å². The van der Waals surface area contributed by atoms with Gasteiger partial charge < -0.3 is 14.6 Å². The van der Waals surface area contributed by atoms with E-state index in [4.69, 9.17) is 9.47 Å². The lowest BCUT2D eigenvalue weighted by molar-refractivity contribution is -0.159. The molecule has 4 rings (SSSR count). The molecule has 0 aromatic carbocycles. The predicted octanol–water partition coefficient (Wildman–Crippen LogP) is 6.08. The fourth-order valence-electron chi connectivity index (χ4n) is 7.63. The van der Waals surface area contributed by atoms with Gasteiger partial charge in [0.25, 0.3) is 0 Å². The number of esters is 2. The van der Waals surface area contributed by atoms with Gasteiger partial charge in [0.15, 0.2) is 0 Å². The molecule has 4 aliphatic rings. The second-order valence-corrected chi connectivity index (χ2v) is 11.7. The maximum Gasteiger partial charge on any atom is 0.315 e. The van der Waals surface area contributed by atoms with Crippen LogP contribution in [0.15, 0.2) is 11.3 Å². The molecule has 0 aromatic heterocycles. The fourth-order valence-corrected chi connectivity index (χ4v) is 7.63. The summed E-state index contributed by atoms with van der Waals surface area (Å²) in [5.41, 5.74) is 1.55. The molecule has 33 heavy (non-hydrogen) atoms. The van der Waals surface area contributed by atoms with Crippen molar-refractivity contribution in [2.24, 2.45) is 28.6 Å². The van der Waals surface area contributed by atoms with Gasteiger partial charge in [-0.15, -0.1) is 0 Å². The molecule has 0 spiro atoms. The van der Waals surface area contributed by atoms with E-state index < -0.39 is 0 Å². The molecule has 2 fully saturated rings. The molecular formula is C28H44O5. The Kier molecular flexibility index (Phi) is 7.57. The molecule has 0 bridgehead atoms. The Hall–Kier alpha value is -1.36. The number of rotatable bonds is 9. The molecule has 0 unspecified atom stereocenters. The van der Waals surface area contributed by atoms with Crippen molar-refractivity contribution in [2.75, 3.05) is 6.61 Å². The average Bonchev–Trinajstić information content (AvgIpc) is 3.10. The highest BCUT2D eigenvalue weighted by molar-refractivity contribution is 5.77. The molecule has 0 radical (unpaired) electrons. The smallest absolute Gasteiger partial charge is 0.315 e. The first-order valence-electron chi connectivity index (χ1n) is 13.5. The third-order valence-corrected chi connectivity index (χ3v) is 9.77. The molecule has 186 valence electrons. The van der Waals surface area contributed by atoms with Gasteiger partial charge in [-0.05, 0) is 74.7 Å². The highest BCUT2D eigenvalue weighted by Crippen LogP contribution is 2.64. The Morgan fingerprint density at radius 2 is 1.76 bits per heavy atom. The monoisotopic (exact) mass is 460 g/mol. The Bertz CT molecular complexity index is 772. The largest absolute Gasteiger partial charge is 0.466 e. The van der Waals surface area contributed by atoms with Gasteiger partial charge in [0, 0.05) is 18.3 Å². The van der Waals surface area contributed by atoms with Crippen molar-refractivity contribution in [1.82, 2.24) is 0 Å². The van der Waals surface area contributed by atoms with Crippen LogP contribution in [0.4, 0.5) is 0 Å². The number of hydrogen-bond donors (Lipinski definition) is 1. The molecular weight excluding hydrogens is 416 g/mol. The van der Waals surface area contributed by atoms with Crippen molar-refractivity contribution in [3.8, 4) is 0 Å². The van der Waals surface area contributed by atoms with Gasteiger partial charge in [-0.1, -0.05) is 46.0 Å². The van der Waals surface area contributed by atoms with Gasteiger partial charge in [-0.25, -0.2) is 0 Å². The van der Waals surface area contributed by atoms with E-state index in [1.807, 2.05) is 0 Å². The van der Waals surface area contributed by atoms with Crippen LogP contribution in [0, 0.1) is 28.6 Å². The van der Waals surface area contributed by atoms with E-state index in [0.717, 1.165) is 50.2 Å². The summed E-state index contributed by atoms with van der Waals surface area (Å²) in [6, 6.07) is 0. The summed E-state index contributed by atoms with van der Waals surface area (Å²) in [4.78, 5) is 23.8. The van der Waals surface area contributed by atoms with Crippen molar-refractivity contribution in [2.45, 2.75) is 117 Å². The number of carbonyl (C=O) groups is 2. The van der Waals surface area contributed by atoms with E-state index in [1.54, 1.807) is 0 Å². The lowest BCUT2D eigenvalue weighted by Crippen LogP contribution is -2.49. The average molecular weight is 461 g/mol. The first-order valence-corrected chi connectivity index (χ1v) is 13.5. The zero-order chi connectivity index (χ0) is 23.6. The van der Waals surface area contributed by atoms with Crippen LogP contribution in [0.25, 0.3) is 0 Å². The molecule has 5 nitrogen and oxygen atoms in total. The fraction of sp³-hybridized carbons (Fsp3) is 0.857. The Labute approximate surface area is 199 Å². The second kappa shape index (κ2) is 10.1. The number of ether oxygens (including phenoxy) is 2. The Balaban J connectivity index is 1.30. The third-order valence-electron chi connectivity index (χ3n) is 9.77. The van der Waals surface area contributed by atoms with Crippen molar-refractivity contribution >= 4 is 11.9 Å². The maximum absolute atomic E-state index is 13.0. The minimum Gasteiger partial charge on any atom is -0.466 e. The van der Waals surface area contributed by atoms with E-state index in [0.29, 0.717) is 18.9 Å². The Morgan fingerprint density at radius 3 is 2.52 bits per heavy atom. The van der Waals surface area contributed by atoms with E-state index in [-0.39, 0.29) is 34.8 Å². The van der Waals surface area contributed by atoms with Gasteiger partial charge in [0.05, 0.1) is 18.6 Å². The number of unbranched alkanes of at least 4 members (excludes halogenated alkanes) is 5. The van der Waals surface area contributed by atoms with Crippen LogP contribution in [0.2, 0.25) is 0 Å². The molecule has 2 saturated carbocycles. The van der Waals surface area contributed by atoms with Crippen LogP contribution in [0.3, 0.4) is 0 Å². The summed E-state index contributed by atoms with van der Waals surface area (Å²) in [6.45, 7) is 6.75. The minimum atomic E-state index is -0.364. The van der Waals surface area contributed by atoms with Gasteiger partial charge in [-0.2, -0.15) is 0 Å². The molecule has 0 aromatic rings. The third kappa shape index (κ3) is 4.90. The zero-order valence-electron chi connectivity index (χ0n) is 21.0. The van der Waals surface area contributed by atoms with Gasteiger partial charge >= 0.3 is 11.9 Å². The Morgan fingerprint density at radius 1 is 1.03 bits per heavy atom. The van der Waals surface area contributed by atoms with E-state index in [2.05, 4.69) is 13.8 Å². The number of aliphatic hydroxyl groups excluding tert-OH is 1. The standard InChI is InChI=1S/C28H44O5/c1-19(29)32-17-9-7-5-4-6-8-10-20-11-12-22-25-23(14-16-27(20,22)2)28(3)15-13-21(30)18-24(28)26(31)33-25/h20-22,24,30H,4-18H2,1-3H3/t20-,21+,22+,24-,27-,28-/m1/s1. The molecule has 1 N–H and O–H groups in total. The minimum absolute atomic E-state index is 0.0867. The summed E-state index contributed by atoms with van der Waals surface area (Å²) in [6.07, 6.45) is 15.0. The van der Waals surface area contributed by atoms with Crippen LogP contribution >= 0.6 is 0 Å². The van der Waals surface area contributed by atoms with Crippen LogP contribution in [0.1, 0.15) is 111 Å². The summed E-state index contributed by atoms with van der Waals surface area (Å²) < 4.78 is 11.1. The molecule has 5 heteroatoms. The van der Waals surface area contributed by atoms with Crippen molar-refractivity contribution in [1.29, 1.82) is 0 Å². The lowest BCUT2D eigenvalue weighted by atomic mass is 9.55. The van der Waals surface area contributed by atoms with Crippen molar-refractivity contribution in [3.63, 3.8) is 0 Å². The molecule has 1 heterocycles. The lowest BCUT2D eigenvalue weighted by Gasteiger charge is -2.52. The number of fused-ring (bicyclic) bond motifs is 4. The molecule has 0 saturated heterocycles. The second-order valence-electron chi connectivity index (χ2n) is 11.7. The van der Waals surface area contributed by atoms with Gasteiger partial charge in [0.1, 0.15) is 5.76 Å². The summed E-state index contributed by atoms with van der Waals surface area (Å²) in [7, 11) is 0. The summed E-state index contributed by atoms with van der Waals surface area (Å²) in [5, 5.41) is 10.2.